The molecule has 0 aliphatic carbocycles. The number of urea groups is 1. The molecule has 180 valence electrons. The fraction of sp³-hybridized carbons (Fsp3) is 0.227. The molecule has 0 aliphatic rings. The number of benzene rings is 2. The summed E-state index contributed by atoms with van der Waals surface area (Å²) in [5.41, 5.74) is 11.8. The Morgan fingerprint density at radius 2 is 1.62 bits per heavy atom. The van der Waals surface area contributed by atoms with E-state index in [9.17, 15) is 24.3 Å². The molecule has 0 aliphatic heterocycles. The second kappa shape index (κ2) is 12.4. The van der Waals surface area contributed by atoms with E-state index in [0.29, 0.717) is 16.8 Å². The Morgan fingerprint density at radius 1 is 0.971 bits per heavy atom. The minimum atomic E-state index is -1.34. The number of rotatable bonds is 11. The van der Waals surface area contributed by atoms with E-state index in [4.69, 9.17) is 16.6 Å². The van der Waals surface area contributed by atoms with Gasteiger partial charge in [-0.3, -0.25) is 9.59 Å². The summed E-state index contributed by atoms with van der Waals surface area (Å²) in [5, 5.41) is 23.6. The fourth-order valence-corrected chi connectivity index (χ4v) is 2.97. The van der Waals surface area contributed by atoms with E-state index in [0.717, 1.165) is 4.90 Å². The molecule has 0 bridgehead atoms. The van der Waals surface area contributed by atoms with Gasteiger partial charge in [0.1, 0.15) is 6.54 Å². The first-order valence-electron chi connectivity index (χ1n) is 10.2. The van der Waals surface area contributed by atoms with Crippen LogP contribution >= 0.6 is 0 Å². The van der Waals surface area contributed by atoms with Crippen LogP contribution in [0.3, 0.4) is 0 Å². The Bertz CT molecular complexity index is 1040. The monoisotopic (exact) mass is 470 g/mol. The van der Waals surface area contributed by atoms with Crippen molar-refractivity contribution >= 4 is 35.5 Å². The van der Waals surface area contributed by atoms with Crippen molar-refractivity contribution < 1.29 is 29.4 Å². The minimum absolute atomic E-state index is 0.0248. The number of carbonyl (C=O) groups is 4. The van der Waals surface area contributed by atoms with Gasteiger partial charge in [0.15, 0.2) is 12.0 Å². The molecule has 8 N–H and O–H groups in total. The van der Waals surface area contributed by atoms with Crippen LogP contribution in [0.25, 0.3) is 0 Å². The fourth-order valence-electron chi connectivity index (χ4n) is 2.97. The smallest absolute Gasteiger partial charge is 0.330 e. The maximum absolute atomic E-state index is 12.6. The standard InChI is InChI=1S/C22H26N6O6/c23-21(24)26-16-9-7-15(8-10-16)19(31)25-11-4-12-28(13-17(29)30)22(34)27-18(20(32)33)14-5-2-1-3-6-14/h1-3,5-10,18H,4,11-13H2,(H,25,31)(H,27,34)(H,29,30)(H,32,33)(H4,23,24,26). The molecule has 0 spiro atoms. The van der Waals surface area contributed by atoms with Crippen molar-refractivity contribution in [3.8, 4) is 0 Å². The molecular weight excluding hydrogens is 444 g/mol. The van der Waals surface area contributed by atoms with E-state index in [1.165, 1.54) is 12.1 Å². The van der Waals surface area contributed by atoms with E-state index in [2.05, 4.69) is 15.6 Å². The number of nitrogens with one attached hydrogen (secondary N) is 2. The molecule has 0 heterocycles. The van der Waals surface area contributed by atoms with Crippen LogP contribution in [0.15, 0.2) is 59.6 Å². The summed E-state index contributed by atoms with van der Waals surface area (Å²) in [5.74, 6) is -3.02. The lowest BCUT2D eigenvalue weighted by Crippen LogP contribution is -2.46. The number of carbonyl (C=O) groups excluding carboxylic acids is 2. The van der Waals surface area contributed by atoms with Gasteiger partial charge < -0.3 is 37.2 Å². The van der Waals surface area contributed by atoms with Gasteiger partial charge in [0, 0.05) is 18.7 Å². The van der Waals surface area contributed by atoms with E-state index in [-0.39, 0.29) is 31.4 Å². The number of guanidine groups is 1. The van der Waals surface area contributed by atoms with Crippen LogP contribution < -0.4 is 22.1 Å². The molecule has 0 radical (unpaired) electrons. The molecule has 12 heteroatoms. The first-order chi connectivity index (χ1) is 16.2. The van der Waals surface area contributed by atoms with Crippen molar-refractivity contribution in [1.82, 2.24) is 15.5 Å². The molecular formula is C22H26N6O6. The normalized spacial score (nSPS) is 11.1. The molecule has 0 aromatic heterocycles. The third-order valence-corrected chi connectivity index (χ3v) is 4.54. The Balaban J connectivity index is 1.92. The molecule has 1 atom stereocenters. The number of aliphatic imine (C=N–C) groups is 1. The molecule has 0 saturated carbocycles. The third-order valence-electron chi connectivity index (χ3n) is 4.54. The highest BCUT2D eigenvalue weighted by Crippen LogP contribution is 2.14. The van der Waals surface area contributed by atoms with Gasteiger partial charge in [-0.1, -0.05) is 30.3 Å². The van der Waals surface area contributed by atoms with Crippen LogP contribution in [-0.2, 0) is 9.59 Å². The zero-order valence-corrected chi connectivity index (χ0v) is 18.2. The number of nitrogens with two attached hydrogens (primary N) is 2. The highest BCUT2D eigenvalue weighted by atomic mass is 16.4. The second-order valence-corrected chi connectivity index (χ2v) is 7.14. The maximum atomic E-state index is 12.6. The predicted octanol–water partition coefficient (Wildman–Crippen LogP) is 0.634. The quantitative estimate of drug-likeness (QED) is 0.156. The van der Waals surface area contributed by atoms with E-state index in [1.54, 1.807) is 42.5 Å². The van der Waals surface area contributed by atoms with E-state index in [1.807, 2.05) is 0 Å². The lowest BCUT2D eigenvalue weighted by Gasteiger charge is -2.24. The van der Waals surface area contributed by atoms with Crippen molar-refractivity contribution in [1.29, 1.82) is 0 Å². The molecule has 2 aromatic rings. The number of hydrogen-bond donors (Lipinski definition) is 6. The summed E-state index contributed by atoms with van der Waals surface area (Å²) in [6, 6.07) is 12.1. The van der Waals surface area contributed by atoms with Gasteiger partial charge in [-0.05, 0) is 36.2 Å². The van der Waals surface area contributed by atoms with E-state index >= 15 is 0 Å². The van der Waals surface area contributed by atoms with Gasteiger partial charge in [0.05, 0.1) is 5.69 Å². The van der Waals surface area contributed by atoms with Crippen LogP contribution in [0.4, 0.5) is 10.5 Å². The topological polar surface area (TPSA) is 200 Å². The first kappa shape index (κ1) is 25.6. The largest absolute Gasteiger partial charge is 0.480 e. The number of amides is 3. The molecule has 0 saturated heterocycles. The van der Waals surface area contributed by atoms with Crippen LogP contribution in [0.2, 0.25) is 0 Å². The molecule has 3 amide bonds. The van der Waals surface area contributed by atoms with Gasteiger partial charge in [0.25, 0.3) is 5.91 Å². The molecule has 1 unspecified atom stereocenters. The number of nitrogens with zero attached hydrogens (tertiary/aromatic N) is 2. The SMILES string of the molecule is NC(N)=Nc1ccc(C(=O)NCCCN(CC(=O)O)C(=O)NC(C(=O)O)c2ccccc2)cc1. The van der Waals surface area contributed by atoms with Crippen molar-refractivity contribution in [3.63, 3.8) is 0 Å². The molecule has 34 heavy (non-hydrogen) atoms. The Kier molecular flexibility index (Phi) is 9.38. The lowest BCUT2D eigenvalue weighted by molar-refractivity contribution is -0.139. The zero-order chi connectivity index (χ0) is 25.1. The summed E-state index contributed by atoms with van der Waals surface area (Å²) >= 11 is 0. The van der Waals surface area contributed by atoms with Crippen LogP contribution in [0.1, 0.15) is 28.4 Å². The summed E-state index contributed by atoms with van der Waals surface area (Å²) < 4.78 is 0. The zero-order valence-electron chi connectivity index (χ0n) is 18.2. The maximum Gasteiger partial charge on any atom is 0.330 e. The predicted molar refractivity (Wildman–Crippen MR) is 123 cm³/mol. The number of aliphatic carboxylic acids is 2. The highest BCUT2D eigenvalue weighted by Gasteiger charge is 2.25. The number of hydrogen-bond acceptors (Lipinski definition) is 5. The van der Waals surface area contributed by atoms with Crippen LogP contribution in [-0.4, -0.2) is 64.6 Å². The van der Waals surface area contributed by atoms with Crippen molar-refractivity contribution in [2.75, 3.05) is 19.6 Å². The molecule has 2 aromatic carbocycles. The van der Waals surface area contributed by atoms with Crippen LogP contribution in [0, 0.1) is 0 Å². The van der Waals surface area contributed by atoms with Gasteiger partial charge in [-0.25, -0.2) is 14.6 Å². The lowest BCUT2D eigenvalue weighted by atomic mass is 10.1. The van der Waals surface area contributed by atoms with Gasteiger partial charge >= 0.3 is 18.0 Å². The van der Waals surface area contributed by atoms with Crippen LogP contribution in [0.5, 0.6) is 0 Å². The van der Waals surface area contributed by atoms with Crippen molar-refractivity contribution in [2.24, 2.45) is 16.5 Å². The average Bonchev–Trinajstić information content (AvgIpc) is 2.79. The third kappa shape index (κ3) is 8.15. The van der Waals surface area contributed by atoms with Gasteiger partial charge in [-0.15, -0.1) is 0 Å². The Morgan fingerprint density at radius 3 is 2.18 bits per heavy atom. The van der Waals surface area contributed by atoms with Crippen molar-refractivity contribution in [2.45, 2.75) is 12.5 Å². The highest BCUT2D eigenvalue weighted by molar-refractivity contribution is 5.94. The van der Waals surface area contributed by atoms with Crippen molar-refractivity contribution in [3.05, 3.63) is 65.7 Å². The first-order valence-corrected chi connectivity index (χ1v) is 10.2. The molecule has 0 fully saturated rings. The number of carboxylic acid groups (broad SMARTS) is 2. The number of carboxylic acids is 2. The minimum Gasteiger partial charge on any atom is -0.480 e. The van der Waals surface area contributed by atoms with Gasteiger partial charge in [0.2, 0.25) is 0 Å². The summed E-state index contributed by atoms with van der Waals surface area (Å²) in [6.07, 6.45) is 0.238. The Hall–Kier alpha value is -4.61. The summed E-state index contributed by atoms with van der Waals surface area (Å²) in [7, 11) is 0. The summed E-state index contributed by atoms with van der Waals surface area (Å²) in [4.78, 5) is 52.5. The van der Waals surface area contributed by atoms with Gasteiger partial charge in [-0.2, -0.15) is 0 Å². The molecule has 12 nitrogen and oxygen atoms in total. The Labute approximate surface area is 195 Å². The second-order valence-electron chi connectivity index (χ2n) is 7.14. The van der Waals surface area contributed by atoms with E-state index < -0.39 is 30.6 Å². The molecule has 2 rings (SSSR count). The average molecular weight is 470 g/mol. The summed E-state index contributed by atoms with van der Waals surface area (Å²) in [6.45, 7) is -0.505.